The summed E-state index contributed by atoms with van der Waals surface area (Å²) in [5.41, 5.74) is 2.73. The van der Waals surface area contributed by atoms with Gasteiger partial charge in [-0.3, -0.25) is 4.79 Å². The Balaban J connectivity index is 1.61. The highest BCUT2D eigenvalue weighted by atomic mass is 16.5. The smallest absolute Gasteiger partial charge is 0.343 e. The standard InChI is InChI=1S/C19H10N4O3/c24-16-13-11(14-15(16)23-18-17(22-14)20-9-21-18)7-4-8-12(13)26-19(25)10-5-2-1-3-6-10/h1-8H,9H2. The molecule has 0 fully saturated rings. The number of benzene rings is 2. The number of carbonyl (C=O) groups excluding carboxylic acids is 2. The van der Waals surface area contributed by atoms with Crippen LogP contribution in [0.15, 0.2) is 58.5 Å². The number of rotatable bonds is 2. The summed E-state index contributed by atoms with van der Waals surface area (Å²) in [5, 5.41) is 0. The fourth-order valence-corrected chi connectivity index (χ4v) is 3.04. The molecule has 0 N–H and O–H groups in total. The zero-order chi connectivity index (χ0) is 17.7. The van der Waals surface area contributed by atoms with Crippen LogP contribution in [-0.2, 0) is 0 Å². The molecule has 0 spiro atoms. The Bertz CT molecular complexity index is 1220. The minimum Gasteiger partial charge on any atom is -0.422 e. The van der Waals surface area contributed by atoms with Crippen molar-refractivity contribution < 1.29 is 14.3 Å². The van der Waals surface area contributed by atoms with Gasteiger partial charge in [-0.2, -0.15) is 0 Å². The van der Waals surface area contributed by atoms with Gasteiger partial charge < -0.3 is 4.74 Å². The van der Waals surface area contributed by atoms with Crippen LogP contribution in [0, 0.1) is 0 Å². The molecule has 0 bridgehead atoms. The molecule has 3 aromatic rings. The van der Waals surface area contributed by atoms with Crippen LogP contribution in [0.5, 0.6) is 5.75 Å². The molecule has 2 heterocycles. The highest BCUT2D eigenvalue weighted by Crippen LogP contribution is 2.38. The summed E-state index contributed by atoms with van der Waals surface area (Å²) in [7, 11) is 0. The van der Waals surface area contributed by atoms with Crippen LogP contribution in [0.25, 0.3) is 11.3 Å². The van der Waals surface area contributed by atoms with E-state index in [1.807, 2.05) is 6.07 Å². The van der Waals surface area contributed by atoms with Gasteiger partial charge in [-0.25, -0.2) is 24.7 Å². The molecule has 7 heteroatoms. The van der Waals surface area contributed by atoms with Crippen LogP contribution in [0.2, 0.25) is 0 Å². The Labute approximate surface area is 146 Å². The van der Waals surface area contributed by atoms with Crippen molar-refractivity contribution in [2.75, 3.05) is 6.67 Å². The van der Waals surface area contributed by atoms with Crippen molar-refractivity contribution in [3.63, 3.8) is 0 Å². The summed E-state index contributed by atoms with van der Waals surface area (Å²) >= 11 is 0. The van der Waals surface area contributed by atoms with Crippen LogP contribution in [0.3, 0.4) is 0 Å². The minimum atomic E-state index is -0.531. The molecule has 0 amide bonds. The van der Waals surface area contributed by atoms with E-state index in [0.29, 0.717) is 27.8 Å². The molecule has 1 aromatic heterocycles. The van der Waals surface area contributed by atoms with Crippen LogP contribution < -0.4 is 15.7 Å². The number of hydrogen-bond acceptors (Lipinski definition) is 7. The van der Waals surface area contributed by atoms with Crippen molar-refractivity contribution in [1.82, 2.24) is 9.97 Å². The third kappa shape index (κ3) is 2.07. The lowest BCUT2D eigenvalue weighted by Gasteiger charge is -2.08. The van der Waals surface area contributed by atoms with E-state index in [0.717, 1.165) is 0 Å². The van der Waals surface area contributed by atoms with E-state index in [-0.39, 0.29) is 29.5 Å². The van der Waals surface area contributed by atoms with Gasteiger partial charge in [0.1, 0.15) is 23.8 Å². The van der Waals surface area contributed by atoms with Crippen molar-refractivity contribution in [3.8, 4) is 17.0 Å². The third-order valence-corrected chi connectivity index (χ3v) is 4.24. The van der Waals surface area contributed by atoms with Gasteiger partial charge in [0.2, 0.25) is 5.78 Å². The average molecular weight is 342 g/mol. The van der Waals surface area contributed by atoms with Crippen LogP contribution >= 0.6 is 0 Å². The number of ketones is 1. The number of fused-ring (bicyclic) bond motifs is 4. The van der Waals surface area contributed by atoms with Gasteiger partial charge in [0, 0.05) is 5.56 Å². The number of nitrogens with zero attached hydrogens (tertiary/aromatic N) is 4. The number of ether oxygens (including phenoxy) is 1. The number of esters is 1. The summed E-state index contributed by atoms with van der Waals surface area (Å²) in [6.07, 6.45) is 0. The highest BCUT2D eigenvalue weighted by molar-refractivity contribution is 6.21. The molecule has 5 rings (SSSR count). The Morgan fingerprint density at radius 3 is 2.38 bits per heavy atom. The first-order chi connectivity index (χ1) is 12.7. The van der Waals surface area contributed by atoms with Gasteiger partial charge >= 0.3 is 5.97 Å². The Morgan fingerprint density at radius 1 is 0.885 bits per heavy atom. The molecular formula is C19H10N4O3. The SMILES string of the molecule is O=C(Oc1cccc2c1C(=O)c1nc3c(nc1-2)=NCN=3)c1ccccc1. The second-order valence-corrected chi connectivity index (χ2v) is 5.79. The monoisotopic (exact) mass is 342 g/mol. The topological polar surface area (TPSA) is 93.9 Å². The third-order valence-electron chi connectivity index (χ3n) is 4.24. The van der Waals surface area contributed by atoms with E-state index in [1.165, 1.54) is 0 Å². The molecular weight excluding hydrogens is 332 g/mol. The quantitative estimate of drug-likeness (QED) is 0.402. The number of carbonyl (C=O) groups is 2. The van der Waals surface area contributed by atoms with Crippen molar-refractivity contribution >= 4 is 11.8 Å². The van der Waals surface area contributed by atoms with E-state index in [1.54, 1.807) is 42.5 Å². The van der Waals surface area contributed by atoms with Crippen molar-refractivity contribution in [1.29, 1.82) is 0 Å². The van der Waals surface area contributed by atoms with Crippen molar-refractivity contribution in [2.24, 2.45) is 9.98 Å². The summed E-state index contributed by atoms with van der Waals surface area (Å²) in [6.45, 7) is 0.272. The van der Waals surface area contributed by atoms with E-state index in [9.17, 15) is 9.59 Å². The molecule has 0 atom stereocenters. The second kappa shape index (κ2) is 5.38. The number of hydrogen-bond donors (Lipinski definition) is 0. The molecule has 0 saturated carbocycles. The second-order valence-electron chi connectivity index (χ2n) is 5.79. The molecule has 0 saturated heterocycles. The van der Waals surface area contributed by atoms with Crippen LogP contribution in [-0.4, -0.2) is 28.4 Å². The first-order valence-corrected chi connectivity index (χ1v) is 7.95. The Hall–Kier alpha value is -3.74. The van der Waals surface area contributed by atoms with Gasteiger partial charge in [0.25, 0.3) is 0 Å². The predicted octanol–water partition coefficient (Wildman–Crippen LogP) is 1.12. The lowest BCUT2D eigenvalue weighted by molar-refractivity contribution is 0.0733. The normalized spacial score (nSPS) is 13.3. The zero-order valence-electron chi connectivity index (χ0n) is 13.3. The summed E-state index contributed by atoms with van der Waals surface area (Å²) in [6, 6.07) is 13.7. The van der Waals surface area contributed by atoms with Gasteiger partial charge in [-0.1, -0.05) is 30.3 Å². The summed E-state index contributed by atoms with van der Waals surface area (Å²) in [4.78, 5) is 42.2. The molecule has 7 nitrogen and oxygen atoms in total. The summed E-state index contributed by atoms with van der Waals surface area (Å²) in [5.74, 6) is -0.671. The van der Waals surface area contributed by atoms with E-state index >= 15 is 0 Å². The first kappa shape index (κ1) is 14.6. The van der Waals surface area contributed by atoms with Gasteiger partial charge in [0.15, 0.2) is 11.0 Å². The average Bonchev–Trinajstić information content (AvgIpc) is 3.24. The van der Waals surface area contributed by atoms with Gasteiger partial charge in [-0.15, -0.1) is 0 Å². The molecule has 0 unspecified atom stereocenters. The molecule has 26 heavy (non-hydrogen) atoms. The molecule has 124 valence electrons. The number of aromatic nitrogens is 2. The largest absolute Gasteiger partial charge is 0.422 e. The Kier molecular flexibility index (Phi) is 3.02. The van der Waals surface area contributed by atoms with Crippen molar-refractivity contribution in [3.05, 3.63) is 76.3 Å². The van der Waals surface area contributed by atoms with Crippen LogP contribution in [0.4, 0.5) is 0 Å². The van der Waals surface area contributed by atoms with Gasteiger partial charge in [0.05, 0.1) is 11.1 Å². The van der Waals surface area contributed by atoms with E-state index in [2.05, 4.69) is 20.0 Å². The minimum absolute atomic E-state index is 0.190. The highest BCUT2D eigenvalue weighted by Gasteiger charge is 2.34. The van der Waals surface area contributed by atoms with Crippen molar-refractivity contribution in [2.45, 2.75) is 0 Å². The predicted molar refractivity (Wildman–Crippen MR) is 89.5 cm³/mol. The van der Waals surface area contributed by atoms with E-state index < -0.39 is 5.97 Å². The lowest BCUT2D eigenvalue weighted by Crippen LogP contribution is -2.31. The molecule has 2 aliphatic rings. The first-order valence-electron chi connectivity index (χ1n) is 7.95. The Morgan fingerprint density at radius 2 is 1.62 bits per heavy atom. The lowest BCUT2D eigenvalue weighted by atomic mass is 10.1. The molecule has 2 aromatic carbocycles. The summed E-state index contributed by atoms with van der Waals surface area (Å²) < 4.78 is 5.48. The van der Waals surface area contributed by atoms with E-state index in [4.69, 9.17) is 4.74 Å². The molecule has 1 aliphatic carbocycles. The fraction of sp³-hybridized carbons (Fsp3) is 0.0526. The fourth-order valence-electron chi connectivity index (χ4n) is 3.04. The maximum Gasteiger partial charge on any atom is 0.343 e. The maximum atomic E-state index is 12.9. The maximum absolute atomic E-state index is 12.9. The molecule has 0 radical (unpaired) electrons. The van der Waals surface area contributed by atoms with Crippen LogP contribution in [0.1, 0.15) is 26.4 Å². The van der Waals surface area contributed by atoms with Gasteiger partial charge in [-0.05, 0) is 18.2 Å². The molecule has 1 aliphatic heterocycles. The zero-order valence-corrected chi connectivity index (χ0v) is 13.3.